The summed E-state index contributed by atoms with van der Waals surface area (Å²) in [5.74, 6) is 1.90. The molecule has 0 bridgehead atoms. The number of hydrogen-bond donors (Lipinski definition) is 2. The molecule has 4 rings (SSSR count). The highest BCUT2D eigenvalue weighted by Gasteiger charge is 2.50. The van der Waals surface area contributed by atoms with E-state index in [0.717, 1.165) is 31.6 Å². The van der Waals surface area contributed by atoms with Crippen LogP contribution in [0.2, 0.25) is 0 Å². The molecular formula is C26H39N3O. The van der Waals surface area contributed by atoms with Crippen molar-refractivity contribution in [3.8, 4) is 0 Å². The van der Waals surface area contributed by atoms with Crippen LogP contribution in [0.1, 0.15) is 89.0 Å². The van der Waals surface area contributed by atoms with Crippen molar-refractivity contribution in [2.24, 2.45) is 11.8 Å². The third kappa shape index (κ3) is 5.07. The van der Waals surface area contributed by atoms with Gasteiger partial charge in [0.25, 0.3) is 5.91 Å². The standard InChI is InChI=1S/C26H39N3O/c27-25-28-26(20-23-14-8-3-9-15-23,18-16-21-10-4-1-5-11-21)24(30)29(25)19-17-22-12-6-2-7-13-22/h2,6-7,12-13,21,23H,1,3-5,8-11,14-20H2,(H2,27,28)/t26-/m1/s1. The molecule has 1 aliphatic heterocycles. The number of amides is 1. The quantitative estimate of drug-likeness (QED) is 0.581. The van der Waals surface area contributed by atoms with E-state index in [9.17, 15) is 4.79 Å². The second kappa shape index (κ2) is 9.98. The van der Waals surface area contributed by atoms with Crippen LogP contribution < -0.4 is 5.32 Å². The molecule has 0 radical (unpaired) electrons. The van der Waals surface area contributed by atoms with Gasteiger partial charge in [0.2, 0.25) is 0 Å². The van der Waals surface area contributed by atoms with Crippen molar-refractivity contribution in [3.05, 3.63) is 35.9 Å². The number of rotatable bonds is 8. The first-order valence-electron chi connectivity index (χ1n) is 12.4. The summed E-state index contributed by atoms with van der Waals surface area (Å²) in [7, 11) is 0. The molecule has 0 unspecified atom stereocenters. The normalized spacial score (nSPS) is 26.2. The Morgan fingerprint density at radius 1 is 0.933 bits per heavy atom. The first-order chi connectivity index (χ1) is 14.7. The summed E-state index contributed by atoms with van der Waals surface area (Å²) < 4.78 is 0. The maximum absolute atomic E-state index is 13.7. The molecule has 4 nitrogen and oxygen atoms in total. The smallest absolute Gasteiger partial charge is 0.255 e. The highest BCUT2D eigenvalue weighted by molar-refractivity contribution is 6.07. The van der Waals surface area contributed by atoms with Gasteiger partial charge in [-0.1, -0.05) is 94.5 Å². The summed E-state index contributed by atoms with van der Waals surface area (Å²) in [6, 6.07) is 10.3. The average molecular weight is 410 g/mol. The SMILES string of the molecule is N=C1N[C@](CCC2CCCCC2)(CC2CCCCC2)C(=O)N1CCc1ccccc1. The van der Waals surface area contributed by atoms with Crippen molar-refractivity contribution in [2.75, 3.05) is 6.54 Å². The average Bonchev–Trinajstić information content (AvgIpc) is 3.02. The molecule has 4 heteroatoms. The highest BCUT2D eigenvalue weighted by Crippen LogP contribution is 2.38. The molecule has 0 aromatic heterocycles. The van der Waals surface area contributed by atoms with E-state index < -0.39 is 5.54 Å². The van der Waals surface area contributed by atoms with Crippen LogP contribution >= 0.6 is 0 Å². The third-order valence-electron chi connectivity index (χ3n) is 7.82. The van der Waals surface area contributed by atoms with Crippen LogP contribution in [0.4, 0.5) is 0 Å². The Bertz CT molecular complexity index is 706. The van der Waals surface area contributed by atoms with Crippen LogP contribution in [0.3, 0.4) is 0 Å². The summed E-state index contributed by atoms with van der Waals surface area (Å²) in [5.41, 5.74) is 0.692. The topological polar surface area (TPSA) is 56.2 Å². The minimum absolute atomic E-state index is 0.171. The van der Waals surface area contributed by atoms with Crippen LogP contribution in [-0.2, 0) is 11.2 Å². The number of benzene rings is 1. The molecule has 1 aromatic carbocycles. The van der Waals surface area contributed by atoms with Crippen molar-refractivity contribution < 1.29 is 4.79 Å². The van der Waals surface area contributed by atoms with Crippen molar-refractivity contribution in [3.63, 3.8) is 0 Å². The van der Waals surface area contributed by atoms with Crippen molar-refractivity contribution in [2.45, 2.75) is 95.4 Å². The van der Waals surface area contributed by atoms with E-state index in [2.05, 4.69) is 17.4 Å². The van der Waals surface area contributed by atoms with Crippen molar-refractivity contribution in [1.29, 1.82) is 5.41 Å². The Kier molecular flexibility index (Phi) is 7.12. The highest BCUT2D eigenvalue weighted by atomic mass is 16.2. The molecule has 2 aliphatic carbocycles. The second-order valence-corrected chi connectivity index (χ2v) is 10.00. The van der Waals surface area contributed by atoms with E-state index in [0.29, 0.717) is 18.4 Å². The number of nitrogens with one attached hydrogen (secondary N) is 2. The summed E-state index contributed by atoms with van der Waals surface area (Å²) in [6.45, 7) is 0.602. The minimum atomic E-state index is -0.534. The first-order valence-corrected chi connectivity index (χ1v) is 12.4. The lowest BCUT2D eigenvalue weighted by Crippen LogP contribution is -2.49. The summed E-state index contributed by atoms with van der Waals surface area (Å²) in [6.07, 6.45) is 16.9. The lowest BCUT2D eigenvalue weighted by Gasteiger charge is -2.34. The Morgan fingerprint density at radius 2 is 1.57 bits per heavy atom. The van der Waals surface area contributed by atoms with E-state index >= 15 is 0 Å². The lowest BCUT2D eigenvalue weighted by atomic mass is 9.75. The van der Waals surface area contributed by atoms with Crippen molar-refractivity contribution in [1.82, 2.24) is 10.2 Å². The Labute approximate surface area is 182 Å². The molecule has 1 amide bonds. The maximum Gasteiger partial charge on any atom is 0.255 e. The van der Waals surface area contributed by atoms with E-state index in [4.69, 9.17) is 5.41 Å². The monoisotopic (exact) mass is 409 g/mol. The van der Waals surface area contributed by atoms with Crippen LogP contribution in [-0.4, -0.2) is 28.9 Å². The zero-order valence-electron chi connectivity index (χ0n) is 18.5. The molecule has 2 N–H and O–H groups in total. The van der Waals surface area contributed by atoms with Gasteiger partial charge < -0.3 is 5.32 Å². The van der Waals surface area contributed by atoms with E-state index in [-0.39, 0.29) is 5.91 Å². The second-order valence-electron chi connectivity index (χ2n) is 10.00. The first kappa shape index (κ1) is 21.4. The largest absolute Gasteiger partial charge is 0.342 e. The van der Waals surface area contributed by atoms with Gasteiger partial charge in [0.05, 0.1) is 0 Å². The zero-order chi connectivity index (χ0) is 20.8. The van der Waals surface area contributed by atoms with E-state index in [1.807, 2.05) is 18.2 Å². The molecule has 30 heavy (non-hydrogen) atoms. The molecule has 3 aliphatic rings. The molecule has 1 aromatic rings. The van der Waals surface area contributed by atoms with Crippen molar-refractivity contribution >= 4 is 11.9 Å². The summed E-state index contributed by atoms with van der Waals surface area (Å²) in [5, 5.41) is 12.0. The van der Waals surface area contributed by atoms with Gasteiger partial charge in [-0.3, -0.25) is 15.1 Å². The zero-order valence-corrected chi connectivity index (χ0v) is 18.5. The number of guanidine groups is 1. The van der Waals surface area contributed by atoms with Gasteiger partial charge in [0.15, 0.2) is 5.96 Å². The Morgan fingerprint density at radius 3 is 2.23 bits per heavy atom. The third-order valence-corrected chi connectivity index (χ3v) is 7.82. The summed E-state index contributed by atoms with van der Waals surface area (Å²) in [4.78, 5) is 15.5. The molecule has 2 saturated carbocycles. The van der Waals surface area contributed by atoms with Gasteiger partial charge in [-0.25, -0.2) is 0 Å². The Balaban J connectivity index is 1.45. The predicted octanol–water partition coefficient (Wildman–Crippen LogP) is 5.67. The molecule has 1 atom stereocenters. The number of nitrogens with zero attached hydrogens (tertiary/aromatic N) is 1. The number of carbonyl (C=O) groups excluding carboxylic acids is 1. The van der Waals surface area contributed by atoms with Crippen LogP contribution in [0.25, 0.3) is 0 Å². The fourth-order valence-electron chi connectivity index (χ4n) is 6.03. The van der Waals surface area contributed by atoms with E-state index in [1.54, 1.807) is 4.90 Å². The van der Waals surface area contributed by atoms with Gasteiger partial charge in [-0.15, -0.1) is 0 Å². The predicted molar refractivity (Wildman–Crippen MR) is 122 cm³/mol. The molecule has 1 saturated heterocycles. The minimum Gasteiger partial charge on any atom is -0.342 e. The van der Waals surface area contributed by atoms with Crippen LogP contribution in [0.15, 0.2) is 30.3 Å². The van der Waals surface area contributed by atoms with Gasteiger partial charge in [-0.05, 0) is 43.1 Å². The molecular weight excluding hydrogens is 370 g/mol. The maximum atomic E-state index is 13.7. The fourth-order valence-corrected chi connectivity index (χ4v) is 6.03. The molecule has 1 heterocycles. The van der Waals surface area contributed by atoms with Crippen LogP contribution in [0.5, 0.6) is 0 Å². The van der Waals surface area contributed by atoms with Gasteiger partial charge in [-0.2, -0.15) is 0 Å². The summed E-state index contributed by atoms with van der Waals surface area (Å²) >= 11 is 0. The lowest BCUT2D eigenvalue weighted by molar-refractivity contribution is -0.132. The number of carbonyl (C=O) groups is 1. The fraction of sp³-hybridized carbons (Fsp3) is 0.692. The molecule has 164 valence electrons. The van der Waals surface area contributed by atoms with E-state index in [1.165, 1.54) is 69.8 Å². The van der Waals surface area contributed by atoms with Gasteiger partial charge in [0, 0.05) is 6.54 Å². The number of hydrogen-bond acceptors (Lipinski definition) is 2. The molecule has 0 spiro atoms. The van der Waals surface area contributed by atoms with Gasteiger partial charge in [0.1, 0.15) is 5.54 Å². The Hall–Kier alpha value is -1.84. The van der Waals surface area contributed by atoms with Crippen LogP contribution in [0, 0.1) is 17.2 Å². The molecule has 3 fully saturated rings. The van der Waals surface area contributed by atoms with Gasteiger partial charge >= 0.3 is 0 Å².